The highest BCUT2D eigenvalue weighted by molar-refractivity contribution is 7.47. The van der Waals surface area contributed by atoms with E-state index in [-0.39, 0.29) is 19.3 Å². The Labute approximate surface area is 817 Å². The Morgan fingerprint density at radius 3 is 0.594 bits per heavy atom. The zero-order valence-corrected chi connectivity index (χ0v) is 87.4. The molecule has 5 atom stereocenters. The van der Waals surface area contributed by atoms with Gasteiger partial charge in [0.2, 0.25) is 0 Å². The monoisotopic (exact) mass is 1900 g/mol. The fraction of sp³-hybridized carbons (Fsp3) is 0.765. The Kier molecular flexibility index (Phi) is 103. The molecule has 0 saturated heterocycles. The van der Waals surface area contributed by atoms with Gasteiger partial charge in [-0.3, -0.25) is 32.5 Å². The van der Waals surface area contributed by atoms with Crippen molar-refractivity contribution in [1.82, 2.24) is 0 Å². The van der Waals surface area contributed by atoms with Crippen LogP contribution in [0.5, 0.6) is 0 Å². The van der Waals surface area contributed by atoms with Crippen LogP contribution in [-0.4, -0.2) is 95.9 Å². The van der Waals surface area contributed by atoms with Gasteiger partial charge < -0.3 is 34.2 Å². The van der Waals surface area contributed by atoms with Gasteiger partial charge in [0, 0.05) is 19.3 Å². The molecule has 0 bridgehead atoms. The molecule has 4 N–H and O–H groups in total. The van der Waals surface area contributed by atoms with Crippen molar-refractivity contribution in [3.8, 4) is 0 Å². The Bertz CT molecular complexity index is 3000. The highest BCUT2D eigenvalue weighted by atomic mass is 31.2. The fourth-order valence-electron chi connectivity index (χ4n) is 15.6. The van der Waals surface area contributed by atoms with Crippen molar-refractivity contribution in [2.24, 2.45) is 0 Å². The molecular weight excluding hydrogens is 1700 g/mol. The summed E-state index contributed by atoms with van der Waals surface area (Å²) in [6.45, 7) is 2.70. The number of allylic oxidation sites excluding steroid dienone is 24. The van der Waals surface area contributed by atoms with Crippen LogP contribution in [0.15, 0.2) is 146 Å². The predicted molar refractivity (Wildman–Crippen MR) is 565 cm³/mol. The maximum absolute atomic E-state index is 13.1. The first-order chi connectivity index (χ1) is 65.2. The zero-order valence-electron chi connectivity index (χ0n) is 85.7. The zero-order chi connectivity index (χ0) is 96.4. The van der Waals surface area contributed by atoms with E-state index in [1.54, 1.807) is 0 Å². The summed E-state index contributed by atoms with van der Waals surface area (Å²) in [6, 6.07) is 0. The van der Waals surface area contributed by atoms with E-state index in [2.05, 4.69) is 167 Å². The fourth-order valence-corrected chi connectivity index (χ4v) is 17.2. The number of rotatable bonds is 105. The number of hydrogen-bond acceptors (Lipinski definition) is 14. The van der Waals surface area contributed by atoms with Gasteiger partial charge in [0.1, 0.15) is 25.4 Å². The first-order valence-corrected chi connectivity index (χ1v) is 58.1. The average Bonchev–Trinajstić information content (AvgIpc) is 0.896. The number of unbranched alkanes of at least 4 members (excludes halogenated alkanes) is 58. The largest absolute Gasteiger partial charge is 0.472 e. The number of ether oxygens (including phenoxy) is 3. The molecule has 18 heteroatoms. The minimum atomic E-state index is -4.95. The number of carbonyl (C=O) groups is 3. The summed E-state index contributed by atoms with van der Waals surface area (Å²) < 4.78 is 61.8. The van der Waals surface area contributed by atoms with Gasteiger partial charge in [-0.1, -0.05) is 481 Å². The van der Waals surface area contributed by atoms with Crippen molar-refractivity contribution in [2.45, 2.75) is 527 Å². The molecule has 0 saturated carbocycles. The van der Waals surface area contributed by atoms with E-state index >= 15 is 0 Å². The number of carbonyl (C=O) groups excluding carboxylic acids is 3. The van der Waals surface area contributed by atoms with E-state index in [4.69, 9.17) is 32.3 Å². The van der Waals surface area contributed by atoms with Crippen LogP contribution in [0.25, 0.3) is 0 Å². The number of esters is 3. The smallest absolute Gasteiger partial charge is 0.463 e. The Morgan fingerprint density at radius 1 is 0.211 bits per heavy atom. The standard InChI is InChI=1S/C115H204O16P2/c1-4-7-10-13-16-19-22-25-28-31-34-37-40-43-46-48-50-52-54-56-58-60-63-65-68-71-74-77-80-83-86-89-92-95-98-101-113(118)125-104-110(116)105-127-132(121,122)128-106-111(117)107-129-133(123,124)130-109-112(131-115(120)103-100-97-94-91-88-85-82-79-76-73-70-67-62-45-42-39-36-33-30-27-24-21-18-15-12-9-6-3)108-126-114(119)102-99-96-93-90-87-84-81-78-75-72-69-66-64-61-59-57-55-53-51-49-47-44-41-38-35-32-29-26-23-20-17-14-11-8-5-2/h16-21,25-30,34-39,43-47,62,110-112,116-117H,4-15,22-24,31-33,40-42,48-61,63-109H2,1-3H3,(H,121,122)(H,123,124)/b19-16-,20-17-,21-18-,28-25-,29-26-,30-27-,37-34-,38-35-,39-36-,46-43-,47-44-,62-45-. The molecular formula is C115H204O16P2. The van der Waals surface area contributed by atoms with Gasteiger partial charge in [0.25, 0.3) is 0 Å². The second-order valence-electron chi connectivity index (χ2n) is 37.1. The van der Waals surface area contributed by atoms with Gasteiger partial charge in [-0.15, -0.1) is 0 Å². The van der Waals surface area contributed by atoms with Crippen molar-refractivity contribution in [3.63, 3.8) is 0 Å². The van der Waals surface area contributed by atoms with Gasteiger partial charge in [0.05, 0.1) is 26.4 Å². The number of hydrogen-bond donors (Lipinski definition) is 4. The molecule has 770 valence electrons. The minimum absolute atomic E-state index is 0.101. The van der Waals surface area contributed by atoms with Crippen LogP contribution in [-0.2, 0) is 55.8 Å². The molecule has 0 aliphatic carbocycles. The van der Waals surface area contributed by atoms with Crippen molar-refractivity contribution >= 4 is 33.6 Å². The van der Waals surface area contributed by atoms with Crippen LogP contribution in [0.3, 0.4) is 0 Å². The van der Waals surface area contributed by atoms with Crippen LogP contribution in [0.4, 0.5) is 0 Å². The average molecular weight is 1900 g/mol. The topological polar surface area (TPSA) is 231 Å². The van der Waals surface area contributed by atoms with E-state index in [0.717, 1.165) is 128 Å². The van der Waals surface area contributed by atoms with Crippen LogP contribution >= 0.6 is 15.6 Å². The van der Waals surface area contributed by atoms with Gasteiger partial charge in [0.15, 0.2) is 6.10 Å². The van der Waals surface area contributed by atoms with Gasteiger partial charge in [-0.25, -0.2) is 9.13 Å². The molecule has 0 rings (SSSR count). The second-order valence-corrected chi connectivity index (χ2v) is 40.0. The summed E-state index contributed by atoms with van der Waals surface area (Å²) in [5, 5.41) is 20.8. The van der Waals surface area contributed by atoms with Crippen molar-refractivity contribution in [1.29, 1.82) is 0 Å². The number of aliphatic hydroxyl groups excluding tert-OH is 2. The van der Waals surface area contributed by atoms with Crippen LogP contribution in [0.2, 0.25) is 0 Å². The van der Waals surface area contributed by atoms with Gasteiger partial charge in [-0.2, -0.15) is 0 Å². The lowest BCUT2D eigenvalue weighted by Gasteiger charge is -2.21. The summed E-state index contributed by atoms with van der Waals surface area (Å²) in [4.78, 5) is 59.3. The third kappa shape index (κ3) is 108. The molecule has 0 aliphatic rings. The second kappa shape index (κ2) is 106. The molecule has 5 unspecified atom stereocenters. The SMILES string of the molecule is CCCCC/C=C\C/C=C\C/C=C\C/C=C\CCCCCCCCCCCCCCCCCCCCCC(=O)OCC(O)COP(=O)(O)OCC(O)COP(=O)(O)OCC(COC(=O)CCCCCCCCCCCCCCCCCCCCC/C=C\C/C=C\C/C=C\C/C=C\CCCCC)OC(=O)CCCCCCCCCCCCC/C=C\C/C=C\C/C=C\C/C=C\CCCCC. The van der Waals surface area contributed by atoms with E-state index in [1.165, 1.54) is 321 Å². The van der Waals surface area contributed by atoms with E-state index in [1.807, 2.05) is 0 Å². The Morgan fingerprint density at radius 2 is 0.376 bits per heavy atom. The molecule has 0 aromatic carbocycles. The first-order valence-electron chi connectivity index (χ1n) is 55.1. The van der Waals surface area contributed by atoms with Crippen molar-refractivity contribution < 1.29 is 75.8 Å². The van der Waals surface area contributed by atoms with E-state index in [9.17, 15) is 43.5 Å². The third-order valence-electron chi connectivity index (χ3n) is 24.0. The maximum atomic E-state index is 13.1. The first kappa shape index (κ1) is 128. The van der Waals surface area contributed by atoms with Gasteiger partial charge in [-0.05, 0) is 154 Å². The van der Waals surface area contributed by atoms with E-state index < -0.39 is 91.5 Å². The molecule has 0 heterocycles. The van der Waals surface area contributed by atoms with Crippen LogP contribution < -0.4 is 0 Å². The highest BCUT2D eigenvalue weighted by Gasteiger charge is 2.30. The van der Waals surface area contributed by atoms with Crippen LogP contribution in [0, 0.1) is 0 Å². The molecule has 0 fully saturated rings. The third-order valence-corrected chi connectivity index (χ3v) is 25.9. The summed E-state index contributed by atoms with van der Waals surface area (Å²) in [7, 11) is -9.82. The Balaban J connectivity index is 4.55. The summed E-state index contributed by atoms with van der Waals surface area (Å²) in [5.41, 5.74) is 0. The van der Waals surface area contributed by atoms with E-state index in [0.29, 0.717) is 19.3 Å². The summed E-state index contributed by atoms with van der Waals surface area (Å²) in [5.74, 6) is -1.55. The van der Waals surface area contributed by atoms with Gasteiger partial charge >= 0.3 is 33.6 Å². The highest BCUT2D eigenvalue weighted by Crippen LogP contribution is 2.45. The molecule has 133 heavy (non-hydrogen) atoms. The molecule has 16 nitrogen and oxygen atoms in total. The number of phosphoric ester groups is 2. The minimum Gasteiger partial charge on any atom is -0.463 e. The maximum Gasteiger partial charge on any atom is 0.472 e. The van der Waals surface area contributed by atoms with Crippen molar-refractivity contribution in [3.05, 3.63) is 146 Å². The molecule has 0 amide bonds. The molecule has 0 radical (unpaired) electrons. The normalized spacial score (nSPS) is 14.1. The number of aliphatic hydroxyl groups is 2. The summed E-state index contributed by atoms with van der Waals surface area (Å²) >= 11 is 0. The molecule has 0 spiro atoms. The van der Waals surface area contributed by atoms with Crippen molar-refractivity contribution in [2.75, 3.05) is 39.6 Å². The summed E-state index contributed by atoms with van der Waals surface area (Å²) in [6.07, 6.45) is 138. The lowest BCUT2D eigenvalue weighted by atomic mass is 10.0. The van der Waals surface area contributed by atoms with Crippen LogP contribution in [0.1, 0.15) is 509 Å². The number of phosphoric acid groups is 2. The lowest BCUT2D eigenvalue weighted by molar-refractivity contribution is -0.161. The molecule has 0 aromatic heterocycles. The predicted octanol–water partition coefficient (Wildman–Crippen LogP) is 35.4. The molecule has 0 aliphatic heterocycles. The Hall–Kier alpha value is -4.57. The lowest BCUT2D eigenvalue weighted by Crippen LogP contribution is -2.30. The molecule has 0 aromatic rings. The quantitative estimate of drug-likeness (QED) is 0.0146.